The topological polar surface area (TPSA) is 15.3 Å². The predicted octanol–water partition coefficient (Wildman–Crippen LogP) is 2.45. The molecular formula is C12H28N2S. The number of likely N-dealkylation sites (N-methyl/N-ethyl adjacent to an activating group) is 1. The first-order valence-electron chi connectivity index (χ1n) is 6.08. The fourth-order valence-electron chi connectivity index (χ4n) is 1.56. The second kappa shape index (κ2) is 9.49. The average Bonchev–Trinajstić information content (AvgIpc) is 2.25. The molecule has 15 heavy (non-hydrogen) atoms. The first-order valence-corrected chi connectivity index (χ1v) is 7.47. The molecule has 0 aromatic rings. The van der Waals surface area contributed by atoms with Crippen LogP contribution in [-0.2, 0) is 0 Å². The van der Waals surface area contributed by atoms with Gasteiger partial charge in [-0.25, -0.2) is 0 Å². The Kier molecular flexibility index (Phi) is 9.66. The molecule has 3 heteroatoms. The lowest BCUT2D eigenvalue weighted by Gasteiger charge is -2.27. The maximum absolute atomic E-state index is 3.54. The fraction of sp³-hybridized carbons (Fsp3) is 1.00. The maximum atomic E-state index is 3.54. The van der Waals surface area contributed by atoms with E-state index in [9.17, 15) is 0 Å². The third-order valence-corrected chi connectivity index (χ3v) is 3.74. The van der Waals surface area contributed by atoms with Crippen LogP contribution >= 0.6 is 11.8 Å². The standard InChI is InChI=1S/C12H28N2S/c1-6-11(3)13-8-9-14(4)12(7-2)10-15-5/h11-13H,6-10H2,1-5H3. The van der Waals surface area contributed by atoms with E-state index in [1.807, 2.05) is 11.8 Å². The van der Waals surface area contributed by atoms with Gasteiger partial charge in [-0.2, -0.15) is 11.8 Å². The Morgan fingerprint density at radius 2 is 1.93 bits per heavy atom. The van der Waals surface area contributed by atoms with Gasteiger partial charge in [0.2, 0.25) is 0 Å². The highest BCUT2D eigenvalue weighted by atomic mass is 32.2. The van der Waals surface area contributed by atoms with Crippen LogP contribution in [-0.4, -0.2) is 49.1 Å². The molecule has 0 aliphatic heterocycles. The lowest BCUT2D eigenvalue weighted by atomic mass is 10.2. The van der Waals surface area contributed by atoms with E-state index in [0.717, 1.165) is 19.1 Å². The third-order valence-electron chi connectivity index (χ3n) is 3.02. The SMILES string of the molecule is CCC(C)NCCN(C)C(CC)CSC. The van der Waals surface area contributed by atoms with Gasteiger partial charge in [0.25, 0.3) is 0 Å². The van der Waals surface area contributed by atoms with E-state index in [4.69, 9.17) is 0 Å². The van der Waals surface area contributed by atoms with Crippen molar-refractivity contribution >= 4 is 11.8 Å². The summed E-state index contributed by atoms with van der Waals surface area (Å²) in [6.45, 7) is 9.02. The molecule has 2 unspecified atom stereocenters. The number of rotatable bonds is 9. The molecule has 0 rings (SSSR count). The predicted molar refractivity (Wildman–Crippen MR) is 72.8 cm³/mol. The molecule has 1 N–H and O–H groups in total. The van der Waals surface area contributed by atoms with Gasteiger partial charge in [0.05, 0.1) is 0 Å². The van der Waals surface area contributed by atoms with Gasteiger partial charge < -0.3 is 10.2 Å². The van der Waals surface area contributed by atoms with Crippen LogP contribution in [0.25, 0.3) is 0 Å². The van der Waals surface area contributed by atoms with Crippen LogP contribution in [0.4, 0.5) is 0 Å². The largest absolute Gasteiger partial charge is 0.313 e. The first-order chi connectivity index (χ1) is 7.15. The normalized spacial score (nSPS) is 15.6. The zero-order valence-corrected chi connectivity index (χ0v) is 11.9. The van der Waals surface area contributed by atoms with Crippen LogP contribution in [0.15, 0.2) is 0 Å². The molecule has 2 nitrogen and oxygen atoms in total. The van der Waals surface area contributed by atoms with Crippen molar-refractivity contribution in [1.29, 1.82) is 0 Å². The molecule has 0 radical (unpaired) electrons. The van der Waals surface area contributed by atoms with Crippen molar-refractivity contribution < 1.29 is 0 Å². The van der Waals surface area contributed by atoms with Crippen LogP contribution < -0.4 is 5.32 Å². The van der Waals surface area contributed by atoms with Gasteiger partial charge >= 0.3 is 0 Å². The van der Waals surface area contributed by atoms with Crippen LogP contribution in [0.5, 0.6) is 0 Å². The maximum Gasteiger partial charge on any atom is 0.0181 e. The summed E-state index contributed by atoms with van der Waals surface area (Å²) in [5.74, 6) is 1.25. The Morgan fingerprint density at radius 3 is 2.40 bits per heavy atom. The van der Waals surface area contributed by atoms with Gasteiger partial charge in [-0.1, -0.05) is 13.8 Å². The van der Waals surface area contributed by atoms with Crippen LogP contribution in [0.2, 0.25) is 0 Å². The van der Waals surface area contributed by atoms with Crippen molar-refractivity contribution in [2.75, 3.05) is 32.1 Å². The van der Waals surface area contributed by atoms with E-state index < -0.39 is 0 Å². The number of hydrogen-bond donors (Lipinski definition) is 1. The summed E-state index contributed by atoms with van der Waals surface area (Å²) in [6.07, 6.45) is 4.65. The zero-order valence-electron chi connectivity index (χ0n) is 11.0. The van der Waals surface area contributed by atoms with Crippen molar-refractivity contribution in [3.8, 4) is 0 Å². The molecule has 2 atom stereocenters. The minimum Gasteiger partial charge on any atom is -0.313 e. The van der Waals surface area contributed by atoms with Gasteiger partial charge in [-0.05, 0) is 33.1 Å². The lowest BCUT2D eigenvalue weighted by Crippen LogP contribution is -2.39. The number of hydrogen-bond acceptors (Lipinski definition) is 3. The molecular weight excluding hydrogens is 204 g/mol. The van der Waals surface area contributed by atoms with E-state index >= 15 is 0 Å². The number of thioether (sulfide) groups is 1. The molecule has 0 aliphatic carbocycles. The van der Waals surface area contributed by atoms with Crippen molar-refractivity contribution in [2.24, 2.45) is 0 Å². The number of nitrogens with zero attached hydrogens (tertiary/aromatic N) is 1. The smallest absolute Gasteiger partial charge is 0.0181 e. The van der Waals surface area contributed by atoms with Crippen molar-refractivity contribution in [2.45, 2.75) is 45.7 Å². The molecule has 0 saturated heterocycles. The molecule has 0 spiro atoms. The Labute approximate surface area is 100 Å². The summed E-state index contributed by atoms with van der Waals surface area (Å²) in [5.41, 5.74) is 0. The minimum atomic E-state index is 0.652. The summed E-state index contributed by atoms with van der Waals surface area (Å²) >= 11 is 1.94. The van der Waals surface area contributed by atoms with E-state index in [1.54, 1.807) is 0 Å². The molecule has 0 aromatic carbocycles. The van der Waals surface area contributed by atoms with E-state index in [0.29, 0.717) is 6.04 Å². The third kappa shape index (κ3) is 7.20. The van der Waals surface area contributed by atoms with Gasteiger partial charge in [0, 0.05) is 30.9 Å². The van der Waals surface area contributed by atoms with Gasteiger partial charge in [-0.15, -0.1) is 0 Å². The summed E-state index contributed by atoms with van der Waals surface area (Å²) in [7, 11) is 2.24. The molecule has 0 amide bonds. The quantitative estimate of drug-likeness (QED) is 0.657. The Morgan fingerprint density at radius 1 is 1.27 bits per heavy atom. The molecule has 0 aliphatic rings. The number of nitrogens with one attached hydrogen (secondary N) is 1. The average molecular weight is 232 g/mol. The monoisotopic (exact) mass is 232 g/mol. The van der Waals surface area contributed by atoms with Crippen LogP contribution in [0.3, 0.4) is 0 Å². The molecule has 0 aromatic heterocycles. The van der Waals surface area contributed by atoms with Crippen molar-refractivity contribution in [1.82, 2.24) is 10.2 Å². The lowest BCUT2D eigenvalue weighted by molar-refractivity contribution is 0.252. The van der Waals surface area contributed by atoms with E-state index in [1.165, 1.54) is 18.6 Å². The molecule has 92 valence electrons. The summed E-state index contributed by atoms with van der Waals surface area (Å²) in [6, 6.07) is 1.39. The molecule has 0 saturated carbocycles. The Hall–Kier alpha value is 0.270. The van der Waals surface area contributed by atoms with Gasteiger partial charge in [-0.3, -0.25) is 0 Å². The Bertz CT molecular complexity index is 142. The zero-order chi connectivity index (χ0) is 11.7. The fourth-order valence-corrected chi connectivity index (χ4v) is 2.44. The summed E-state index contributed by atoms with van der Waals surface area (Å²) < 4.78 is 0. The second-order valence-electron chi connectivity index (χ2n) is 4.26. The highest BCUT2D eigenvalue weighted by Gasteiger charge is 2.11. The highest BCUT2D eigenvalue weighted by Crippen LogP contribution is 2.07. The molecule has 0 fully saturated rings. The second-order valence-corrected chi connectivity index (χ2v) is 5.17. The molecule has 0 bridgehead atoms. The van der Waals surface area contributed by atoms with E-state index in [2.05, 4.69) is 44.3 Å². The van der Waals surface area contributed by atoms with Crippen molar-refractivity contribution in [3.63, 3.8) is 0 Å². The van der Waals surface area contributed by atoms with Gasteiger partial charge in [0.15, 0.2) is 0 Å². The molecule has 0 heterocycles. The highest BCUT2D eigenvalue weighted by molar-refractivity contribution is 7.98. The summed E-state index contributed by atoms with van der Waals surface area (Å²) in [4.78, 5) is 2.48. The van der Waals surface area contributed by atoms with Crippen LogP contribution in [0, 0.1) is 0 Å². The van der Waals surface area contributed by atoms with E-state index in [-0.39, 0.29) is 0 Å². The van der Waals surface area contributed by atoms with Crippen LogP contribution in [0.1, 0.15) is 33.6 Å². The minimum absolute atomic E-state index is 0.652. The van der Waals surface area contributed by atoms with Crippen molar-refractivity contribution in [3.05, 3.63) is 0 Å². The van der Waals surface area contributed by atoms with Gasteiger partial charge in [0.1, 0.15) is 0 Å². The first kappa shape index (κ1) is 15.3. The Balaban J connectivity index is 3.65. The summed E-state index contributed by atoms with van der Waals surface area (Å²) in [5, 5.41) is 3.54.